The fraction of sp³-hybridized carbons (Fsp3) is 0.167. The van der Waals surface area contributed by atoms with Crippen LogP contribution in [0.3, 0.4) is 0 Å². The van der Waals surface area contributed by atoms with Gasteiger partial charge < -0.3 is 4.74 Å². The molecule has 1 heterocycles. The van der Waals surface area contributed by atoms with Crippen LogP contribution < -0.4 is 4.74 Å². The molecule has 0 aliphatic carbocycles. The topological polar surface area (TPSA) is 48.6 Å². The van der Waals surface area contributed by atoms with Gasteiger partial charge in [0.25, 0.3) is 0 Å². The van der Waals surface area contributed by atoms with E-state index < -0.39 is 6.04 Å². The molecule has 28 heavy (non-hydrogen) atoms. The highest BCUT2D eigenvalue weighted by Gasteiger charge is 2.34. The van der Waals surface area contributed by atoms with Crippen molar-refractivity contribution in [3.63, 3.8) is 0 Å². The average Bonchev–Trinajstić information content (AvgIpc) is 3.21. The van der Waals surface area contributed by atoms with Gasteiger partial charge in [-0.25, -0.2) is 0 Å². The Morgan fingerprint density at radius 2 is 1.61 bits per heavy atom. The van der Waals surface area contributed by atoms with Gasteiger partial charge in [-0.05, 0) is 28.8 Å². The number of hydrazone groups is 1. The highest BCUT2D eigenvalue weighted by molar-refractivity contribution is 6.01. The summed E-state index contributed by atoms with van der Waals surface area (Å²) in [6, 6.07) is 30.1. The summed E-state index contributed by atoms with van der Waals surface area (Å²) in [5, 5.41) is 16.8. The molecule has 0 saturated heterocycles. The van der Waals surface area contributed by atoms with Crippen LogP contribution >= 0.6 is 0 Å². The fourth-order valence-electron chi connectivity index (χ4n) is 3.59. The van der Waals surface area contributed by atoms with Crippen LogP contribution in [0.2, 0.25) is 0 Å². The number of hydrogen-bond donors (Lipinski definition) is 0. The number of nitrogens with zero attached hydrogens (tertiary/aromatic N) is 3. The van der Waals surface area contributed by atoms with E-state index in [1.54, 1.807) is 7.11 Å². The van der Waals surface area contributed by atoms with Crippen molar-refractivity contribution in [2.75, 3.05) is 7.11 Å². The SMILES string of the molecule is COc1ccc([C@@H](C#N)N2N=C(c3ccccc3)C[C@@H]2c2ccccc2)cc1. The lowest BCUT2D eigenvalue weighted by Crippen LogP contribution is -2.24. The first-order chi connectivity index (χ1) is 13.8. The molecule has 1 aliphatic heterocycles. The summed E-state index contributed by atoms with van der Waals surface area (Å²) < 4.78 is 5.25. The fourth-order valence-corrected chi connectivity index (χ4v) is 3.59. The zero-order valence-corrected chi connectivity index (χ0v) is 15.7. The maximum atomic E-state index is 10.00. The van der Waals surface area contributed by atoms with E-state index in [-0.39, 0.29) is 6.04 Å². The van der Waals surface area contributed by atoms with Crippen molar-refractivity contribution in [2.45, 2.75) is 18.5 Å². The second kappa shape index (κ2) is 7.98. The largest absolute Gasteiger partial charge is 0.497 e. The van der Waals surface area contributed by atoms with Crippen LogP contribution in [0.15, 0.2) is 90.0 Å². The van der Waals surface area contributed by atoms with Gasteiger partial charge in [-0.2, -0.15) is 10.4 Å². The van der Waals surface area contributed by atoms with E-state index in [4.69, 9.17) is 9.84 Å². The Kier molecular flexibility index (Phi) is 5.07. The van der Waals surface area contributed by atoms with Gasteiger partial charge in [-0.15, -0.1) is 0 Å². The molecule has 4 nitrogen and oxygen atoms in total. The Morgan fingerprint density at radius 1 is 0.964 bits per heavy atom. The van der Waals surface area contributed by atoms with Crippen LogP contribution in [0, 0.1) is 11.3 Å². The van der Waals surface area contributed by atoms with Gasteiger partial charge in [0.1, 0.15) is 5.75 Å². The Hall–Kier alpha value is -3.58. The van der Waals surface area contributed by atoms with Gasteiger partial charge in [0.05, 0.1) is 24.9 Å². The summed E-state index contributed by atoms with van der Waals surface area (Å²) in [5.41, 5.74) is 4.16. The first-order valence-electron chi connectivity index (χ1n) is 9.30. The van der Waals surface area contributed by atoms with Crippen LogP contribution in [-0.2, 0) is 0 Å². The monoisotopic (exact) mass is 367 g/mol. The standard InChI is InChI=1S/C24H21N3O/c1-28-21-14-12-20(13-15-21)24(17-25)27-23(19-10-6-3-7-11-19)16-22(26-27)18-8-4-2-5-9-18/h2-15,23-24H,16H2,1H3/t23-,24-/m1/s1. The van der Waals surface area contributed by atoms with Gasteiger partial charge in [0.2, 0.25) is 0 Å². The van der Waals surface area contributed by atoms with Crippen molar-refractivity contribution in [3.8, 4) is 11.8 Å². The Balaban J connectivity index is 1.74. The molecule has 4 rings (SSSR count). The van der Waals surface area contributed by atoms with E-state index in [0.717, 1.165) is 34.6 Å². The summed E-state index contributed by atoms with van der Waals surface area (Å²) in [7, 11) is 1.64. The van der Waals surface area contributed by atoms with Gasteiger partial charge in [-0.1, -0.05) is 72.8 Å². The number of ether oxygens (including phenoxy) is 1. The van der Waals surface area contributed by atoms with E-state index >= 15 is 0 Å². The molecule has 0 fully saturated rings. The third-order valence-electron chi connectivity index (χ3n) is 5.05. The van der Waals surface area contributed by atoms with Crippen molar-refractivity contribution in [1.29, 1.82) is 5.26 Å². The third-order valence-corrected chi connectivity index (χ3v) is 5.05. The van der Waals surface area contributed by atoms with Crippen LogP contribution in [0.1, 0.15) is 35.2 Å². The molecule has 4 heteroatoms. The Morgan fingerprint density at radius 3 is 2.21 bits per heavy atom. The predicted molar refractivity (Wildman–Crippen MR) is 110 cm³/mol. The average molecular weight is 367 g/mol. The maximum Gasteiger partial charge on any atom is 0.159 e. The van der Waals surface area contributed by atoms with Crippen molar-refractivity contribution >= 4 is 5.71 Å². The molecular weight excluding hydrogens is 346 g/mol. The number of rotatable bonds is 5. The van der Waals surface area contributed by atoms with Gasteiger partial charge in [0.15, 0.2) is 6.04 Å². The maximum absolute atomic E-state index is 10.00. The molecule has 0 bridgehead atoms. The van der Waals surface area contributed by atoms with Crippen molar-refractivity contribution in [2.24, 2.45) is 5.10 Å². The smallest absolute Gasteiger partial charge is 0.159 e. The molecule has 0 amide bonds. The van der Waals surface area contributed by atoms with E-state index in [2.05, 4.69) is 30.3 Å². The quantitative estimate of drug-likeness (QED) is 0.629. The molecule has 3 aromatic carbocycles. The Labute approximate surface area is 165 Å². The minimum absolute atomic E-state index is 0.0168. The summed E-state index contributed by atoms with van der Waals surface area (Å²) in [6.45, 7) is 0. The lowest BCUT2D eigenvalue weighted by atomic mass is 9.97. The zero-order chi connectivity index (χ0) is 19.3. The van der Waals surface area contributed by atoms with Crippen molar-refractivity contribution in [3.05, 3.63) is 102 Å². The molecule has 1 aliphatic rings. The van der Waals surface area contributed by atoms with Crippen LogP contribution in [0.25, 0.3) is 0 Å². The summed E-state index contributed by atoms with van der Waals surface area (Å²) >= 11 is 0. The molecule has 0 radical (unpaired) electrons. The van der Waals surface area contributed by atoms with Crippen LogP contribution in [-0.4, -0.2) is 17.8 Å². The summed E-state index contributed by atoms with van der Waals surface area (Å²) in [6.07, 6.45) is 0.766. The molecule has 3 aromatic rings. The lowest BCUT2D eigenvalue weighted by molar-refractivity contribution is 0.196. The van der Waals surface area contributed by atoms with Crippen molar-refractivity contribution < 1.29 is 4.74 Å². The molecular formula is C24H21N3O. The number of methoxy groups -OCH3 is 1. The number of hydrogen-bond acceptors (Lipinski definition) is 4. The van der Waals surface area contributed by atoms with Gasteiger partial charge in [-0.3, -0.25) is 5.01 Å². The van der Waals surface area contributed by atoms with E-state index in [1.165, 1.54) is 0 Å². The molecule has 0 aromatic heterocycles. The molecule has 0 saturated carbocycles. The zero-order valence-electron chi connectivity index (χ0n) is 15.7. The van der Waals surface area contributed by atoms with E-state index in [0.29, 0.717) is 0 Å². The van der Waals surface area contributed by atoms with Crippen LogP contribution in [0.5, 0.6) is 5.75 Å². The third kappa shape index (κ3) is 3.47. The van der Waals surface area contributed by atoms with Crippen LogP contribution in [0.4, 0.5) is 0 Å². The first-order valence-corrected chi connectivity index (χ1v) is 9.30. The van der Waals surface area contributed by atoms with E-state index in [9.17, 15) is 5.26 Å². The normalized spacial score (nSPS) is 16.9. The number of benzene rings is 3. The van der Waals surface area contributed by atoms with Crippen molar-refractivity contribution in [1.82, 2.24) is 5.01 Å². The molecule has 0 N–H and O–H groups in total. The molecule has 138 valence electrons. The number of nitriles is 1. The second-order valence-electron chi connectivity index (χ2n) is 6.73. The minimum Gasteiger partial charge on any atom is -0.497 e. The molecule has 0 unspecified atom stereocenters. The first kappa shape index (κ1) is 17.8. The molecule has 2 atom stereocenters. The second-order valence-corrected chi connectivity index (χ2v) is 6.73. The highest BCUT2D eigenvalue weighted by Crippen LogP contribution is 2.39. The van der Waals surface area contributed by atoms with E-state index in [1.807, 2.05) is 65.7 Å². The lowest BCUT2D eigenvalue weighted by Gasteiger charge is -2.28. The molecule has 0 spiro atoms. The highest BCUT2D eigenvalue weighted by atomic mass is 16.5. The summed E-state index contributed by atoms with van der Waals surface area (Å²) in [5.74, 6) is 0.773. The predicted octanol–water partition coefficient (Wildman–Crippen LogP) is 5.11. The minimum atomic E-state index is -0.475. The summed E-state index contributed by atoms with van der Waals surface area (Å²) in [4.78, 5) is 0. The van der Waals surface area contributed by atoms with Gasteiger partial charge in [0, 0.05) is 6.42 Å². The van der Waals surface area contributed by atoms with Gasteiger partial charge >= 0.3 is 0 Å². The Bertz CT molecular complexity index is 992.